The molecule has 36 heavy (non-hydrogen) atoms. The molecule has 3 aromatic rings. The lowest BCUT2D eigenvalue weighted by Crippen LogP contribution is -2.57. The molecule has 1 unspecified atom stereocenters. The topological polar surface area (TPSA) is 88.6 Å². The van der Waals surface area contributed by atoms with Gasteiger partial charge in [0, 0.05) is 64.0 Å². The van der Waals surface area contributed by atoms with Crippen LogP contribution in [-0.2, 0) is 0 Å². The van der Waals surface area contributed by atoms with Gasteiger partial charge in [-0.05, 0) is 6.92 Å². The molecular weight excluding hydrogens is 490 g/mol. The van der Waals surface area contributed by atoms with E-state index in [1.807, 2.05) is 38.1 Å². The van der Waals surface area contributed by atoms with Crippen LogP contribution in [0.2, 0.25) is 0 Å². The van der Waals surface area contributed by atoms with Crippen molar-refractivity contribution < 1.29 is 13.5 Å². The minimum absolute atomic E-state index is 0. The standard InChI is InChI=1S/C24H28F2N8O.ClH/c1-15-16(12-28-34(15)22-11-21(31(2)3)29-24(27)30-22)5-4-6-32-7-8-33-18(13-32)14-35-23-19(26)9-17(25)10-20(23)33;/h4-5,9-12,18H,6-8,13-14H2,1-3H3,(H2,27,29,30);1H/b5-4+;. The van der Waals surface area contributed by atoms with E-state index in [9.17, 15) is 8.78 Å². The van der Waals surface area contributed by atoms with Gasteiger partial charge in [0.25, 0.3) is 0 Å². The van der Waals surface area contributed by atoms with Crippen LogP contribution in [0.4, 0.5) is 26.2 Å². The van der Waals surface area contributed by atoms with Crippen molar-refractivity contribution in [2.24, 2.45) is 0 Å². The molecule has 1 saturated heterocycles. The predicted octanol–water partition coefficient (Wildman–Crippen LogP) is 2.92. The van der Waals surface area contributed by atoms with Gasteiger partial charge in [-0.25, -0.2) is 13.5 Å². The van der Waals surface area contributed by atoms with E-state index in [1.54, 1.807) is 10.9 Å². The molecule has 192 valence electrons. The summed E-state index contributed by atoms with van der Waals surface area (Å²) in [6.07, 6.45) is 5.94. The molecule has 2 aromatic heterocycles. The summed E-state index contributed by atoms with van der Waals surface area (Å²) in [5, 5.41) is 4.49. The number of ether oxygens (including phenoxy) is 1. The maximum absolute atomic E-state index is 14.1. The molecule has 5 rings (SSSR count). The van der Waals surface area contributed by atoms with Gasteiger partial charge in [-0.3, -0.25) is 4.90 Å². The van der Waals surface area contributed by atoms with Crippen molar-refractivity contribution in [2.45, 2.75) is 13.0 Å². The lowest BCUT2D eigenvalue weighted by molar-refractivity contribution is 0.173. The van der Waals surface area contributed by atoms with Crippen LogP contribution in [0.1, 0.15) is 11.3 Å². The molecule has 1 atom stereocenters. The highest BCUT2D eigenvalue weighted by atomic mass is 35.5. The molecule has 2 aliphatic heterocycles. The minimum Gasteiger partial charge on any atom is -0.486 e. The highest BCUT2D eigenvalue weighted by molar-refractivity contribution is 5.85. The van der Waals surface area contributed by atoms with Crippen molar-refractivity contribution in [3.8, 4) is 11.6 Å². The Morgan fingerprint density at radius 1 is 1.19 bits per heavy atom. The van der Waals surface area contributed by atoms with Gasteiger partial charge >= 0.3 is 0 Å². The SMILES string of the molecule is Cc1c(/C=C/CN2CCN3c4cc(F)cc(F)c4OCC3C2)cnn1-c1cc(N(C)C)nc(N)n1.Cl. The van der Waals surface area contributed by atoms with Gasteiger partial charge in [-0.2, -0.15) is 15.1 Å². The number of nitrogens with zero attached hydrogens (tertiary/aromatic N) is 7. The van der Waals surface area contributed by atoms with Gasteiger partial charge in [-0.1, -0.05) is 12.2 Å². The number of fused-ring (bicyclic) bond motifs is 3. The smallest absolute Gasteiger partial charge is 0.224 e. The molecule has 0 radical (unpaired) electrons. The third-order valence-corrected chi connectivity index (χ3v) is 6.39. The average molecular weight is 519 g/mol. The monoisotopic (exact) mass is 518 g/mol. The van der Waals surface area contributed by atoms with E-state index in [0.29, 0.717) is 30.5 Å². The van der Waals surface area contributed by atoms with Crippen molar-refractivity contribution in [3.63, 3.8) is 0 Å². The molecule has 0 bridgehead atoms. The van der Waals surface area contributed by atoms with Gasteiger partial charge in [0.15, 0.2) is 17.4 Å². The first-order chi connectivity index (χ1) is 16.8. The maximum Gasteiger partial charge on any atom is 0.224 e. The van der Waals surface area contributed by atoms with Crippen LogP contribution in [0, 0.1) is 18.6 Å². The molecule has 4 heterocycles. The quantitative estimate of drug-likeness (QED) is 0.551. The summed E-state index contributed by atoms with van der Waals surface area (Å²) in [5.74, 6) is 0.416. The Kier molecular flexibility index (Phi) is 7.32. The van der Waals surface area contributed by atoms with Crippen LogP contribution in [0.25, 0.3) is 11.9 Å². The largest absolute Gasteiger partial charge is 0.486 e. The third kappa shape index (κ3) is 4.93. The second-order valence-electron chi connectivity index (χ2n) is 8.99. The second kappa shape index (κ2) is 10.3. The van der Waals surface area contributed by atoms with Crippen LogP contribution in [0.15, 0.2) is 30.5 Å². The zero-order valence-electron chi connectivity index (χ0n) is 20.4. The number of hydrogen-bond acceptors (Lipinski definition) is 8. The van der Waals surface area contributed by atoms with E-state index in [2.05, 4.69) is 30.9 Å². The molecule has 2 N–H and O–H groups in total. The molecule has 0 amide bonds. The Balaban J connectivity index is 0.00000304. The number of nitrogen functional groups attached to an aromatic ring is 1. The summed E-state index contributed by atoms with van der Waals surface area (Å²) in [7, 11) is 3.79. The van der Waals surface area contributed by atoms with E-state index < -0.39 is 11.6 Å². The van der Waals surface area contributed by atoms with E-state index in [-0.39, 0.29) is 30.1 Å². The summed E-state index contributed by atoms with van der Waals surface area (Å²) in [6, 6.07) is 4.11. The number of piperazine rings is 1. The molecular formula is C24H29ClF2N8O. The van der Waals surface area contributed by atoms with Crippen LogP contribution >= 0.6 is 12.4 Å². The van der Waals surface area contributed by atoms with Gasteiger partial charge < -0.3 is 20.3 Å². The predicted molar refractivity (Wildman–Crippen MR) is 138 cm³/mol. The van der Waals surface area contributed by atoms with Crippen molar-refractivity contribution in [1.29, 1.82) is 0 Å². The van der Waals surface area contributed by atoms with Gasteiger partial charge in [0.2, 0.25) is 5.95 Å². The fraction of sp³-hybridized carbons (Fsp3) is 0.375. The van der Waals surface area contributed by atoms with Crippen LogP contribution in [0.3, 0.4) is 0 Å². The van der Waals surface area contributed by atoms with E-state index in [0.717, 1.165) is 37.0 Å². The summed E-state index contributed by atoms with van der Waals surface area (Å²) < 4.78 is 35.2. The van der Waals surface area contributed by atoms with Gasteiger partial charge in [0.1, 0.15) is 18.2 Å². The van der Waals surface area contributed by atoms with E-state index in [4.69, 9.17) is 10.5 Å². The molecule has 1 fully saturated rings. The van der Waals surface area contributed by atoms with Crippen molar-refractivity contribution in [2.75, 3.05) is 62.4 Å². The number of halogens is 3. The molecule has 9 nitrogen and oxygen atoms in total. The molecule has 1 aromatic carbocycles. The highest BCUT2D eigenvalue weighted by Crippen LogP contribution is 2.38. The van der Waals surface area contributed by atoms with E-state index >= 15 is 0 Å². The second-order valence-corrected chi connectivity index (χ2v) is 8.99. The first kappa shape index (κ1) is 25.6. The number of rotatable bonds is 5. The maximum atomic E-state index is 14.1. The Labute approximate surface area is 214 Å². The lowest BCUT2D eigenvalue weighted by atomic mass is 10.1. The van der Waals surface area contributed by atoms with Crippen LogP contribution in [-0.4, -0.2) is 77.6 Å². The Morgan fingerprint density at radius 3 is 2.78 bits per heavy atom. The van der Waals surface area contributed by atoms with Gasteiger partial charge in [-0.15, -0.1) is 12.4 Å². The summed E-state index contributed by atoms with van der Waals surface area (Å²) >= 11 is 0. The zero-order valence-corrected chi connectivity index (χ0v) is 21.2. The number of benzene rings is 1. The van der Waals surface area contributed by atoms with Crippen molar-refractivity contribution >= 4 is 35.9 Å². The Morgan fingerprint density at radius 2 is 2.00 bits per heavy atom. The fourth-order valence-electron chi connectivity index (χ4n) is 4.55. The van der Waals surface area contributed by atoms with Crippen molar-refractivity contribution in [1.82, 2.24) is 24.6 Å². The first-order valence-corrected chi connectivity index (χ1v) is 11.4. The average Bonchev–Trinajstić information content (AvgIpc) is 3.18. The number of nitrogens with two attached hydrogens (primary N) is 1. The summed E-state index contributed by atoms with van der Waals surface area (Å²) in [5.41, 5.74) is 8.30. The van der Waals surface area contributed by atoms with Gasteiger partial charge in [0.05, 0.1) is 23.6 Å². The molecule has 2 aliphatic rings. The molecule has 0 saturated carbocycles. The lowest BCUT2D eigenvalue weighted by Gasteiger charge is -2.45. The summed E-state index contributed by atoms with van der Waals surface area (Å²) in [4.78, 5) is 14.8. The molecule has 0 spiro atoms. The highest BCUT2D eigenvalue weighted by Gasteiger charge is 2.34. The number of anilines is 3. The summed E-state index contributed by atoms with van der Waals surface area (Å²) in [6.45, 7) is 5.30. The molecule has 0 aliphatic carbocycles. The fourth-order valence-corrected chi connectivity index (χ4v) is 4.55. The van der Waals surface area contributed by atoms with E-state index in [1.165, 1.54) is 6.07 Å². The van der Waals surface area contributed by atoms with Crippen molar-refractivity contribution in [3.05, 3.63) is 53.4 Å². The molecule has 12 heteroatoms. The minimum atomic E-state index is -0.651. The number of aromatic nitrogens is 4. The first-order valence-electron chi connectivity index (χ1n) is 11.4. The zero-order chi connectivity index (χ0) is 24.7. The van der Waals surface area contributed by atoms with Crippen LogP contribution < -0.4 is 20.3 Å². The number of hydrogen-bond donors (Lipinski definition) is 1. The third-order valence-electron chi connectivity index (χ3n) is 6.39. The van der Waals surface area contributed by atoms with Crippen LogP contribution in [0.5, 0.6) is 5.75 Å². The Hall–Kier alpha value is -3.44. The Bertz CT molecular complexity index is 1280. The normalized spacial score (nSPS) is 17.4.